The van der Waals surface area contributed by atoms with Crippen molar-refractivity contribution in [3.63, 3.8) is 0 Å². The van der Waals surface area contributed by atoms with Gasteiger partial charge in [0.25, 0.3) is 0 Å². The van der Waals surface area contributed by atoms with E-state index in [1.807, 2.05) is 32.9 Å². The van der Waals surface area contributed by atoms with Crippen molar-refractivity contribution < 1.29 is 0 Å². The van der Waals surface area contributed by atoms with Gasteiger partial charge in [-0.2, -0.15) is 10.4 Å². The predicted molar refractivity (Wildman–Crippen MR) is 80.3 cm³/mol. The van der Waals surface area contributed by atoms with Crippen LogP contribution in [0.1, 0.15) is 43.2 Å². The molecule has 0 atom stereocenters. The molecule has 1 aromatic heterocycles. The van der Waals surface area contributed by atoms with Gasteiger partial charge in [-0.3, -0.25) is 0 Å². The molecule has 1 aromatic carbocycles. The van der Waals surface area contributed by atoms with E-state index in [9.17, 15) is 5.26 Å². The van der Waals surface area contributed by atoms with Crippen LogP contribution in [0.2, 0.25) is 0 Å². The summed E-state index contributed by atoms with van der Waals surface area (Å²) in [6.07, 6.45) is 0. The van der Waals surface area contributed by atoms with Gasteiger partial charge in [-0.05, 0) is 18.1 Å². The van der Waals surface area contributed by atoms with Crippen LogP contribution in [0.5, 0.6) is 0 Å². The molecule has 0 amide bonds. The summed E-state index contributed by atoms with van der Waals surface area (Å²) in [6.45, 7) is 8.75. The molecule has 0 fully saturated rings. The van der Waals surface area contributed by atoms with Gasteiger partial charge in [0.15, 0.2) is 0 Å². The summed E-state index contributed by atoms with van der Waals surface area (Å²) in [5.74, 6) is 0.445. The summed E-state index contributed by atoms with van der Waals surface area (Å²) < 4.78 is 1.72. The minimum Gasteiger partial charge on any atom is -0.383 e. The van der Waals surface area contributed by atoms with Crippen LogP contribution in [0.15, 0.2) is 24.3 Å². The van der Waals surface area contributed by atoms with Gasteiger partial charge < -0.3 is 5.73 Å². The lowest BCUT2D eigenvalue weighted by Crippen LogP contribution is -2.14. The molecule has 4 heteroatoms. The molecule has 0 unspecified atom stereocenters. The van der Waals surface area contributed by atoms with Crippen molar-refractivity contribution in [2.45, 2.75) is 39.7 Å². The molecule has 0 aliphatic heterocycles. The summed E-state index contributed by atoms with van der Waals surface area (Å²) >= 11 is 0. The molecular weight excluding hydrogens is 248 g/mol. The Kier molecular flexibility index (Phi) is 3.54. The number of hydrogen-bond donors (Lipinski definition) is 1. The highest BCUT2D eigenvalue weighted by Crippen LogP contribution is 2.28. The van der Waals surface area contributed by atoms with Crippen molar-refractivity contribution in [2.24, 2.45) is 0 Å². The van der Waals surface area contributed by atoms with Crippen LogP contribution in [0.25, 0.3) is 0 Å². The fourth-order valence-corrected chi connectivity index (χ4v) is 2.18. The van der Waals surface area contributed by atoms with Crippen LogP contribution in [0.3, 0.4) is 0 Å². The Balaban J connectivity index is 2.47. The summed E-state index contributed by atoms with van der Waals surface area (Å²) in [4.78, 5) is 0. The first kappa shape index (κ1) is 14.1. The first-order valence-corrected chi connectivity index (χ1v) is 6.66. The quantitative estimate of drug-likeness (QED) is 0.910. The lowest BCUT2D eigenvalue weighted by molar-refractivity contribution is 0.545. The molecular formula is C16H20N4. The minimum absolute atomic E-state index is 0.198. The van der Waals surface area contributed by atoms with E-state index < -0.39 is 0 Å². The maximum Gasteiger partial charge on any atom is 0.140 e. The summed E-state index contributed by atoms with van der Waals surface area (Å²) in [5, 5.41) is 13.9. The summed E-state index contributed by atoms with van der Waals surface area (Å²) in [5.41, 5.74) is 9.49. The standard InChI is InChI=1S/C16H20N4/c1-11-7-5-6-8-12(11)10-20-15(18)13(9-17)14(19-20)16(2,3)4/h5-8H,10,18H2,1-4H3. The van der Waals surface area contributed by atoms with E-state index in [-0.39, 0.29) is 5.41 Å². The van der Waals surface area contributed by atoms with E-state index in [0.717, 1.165) is 11.3 Å². The zero-order valence-corrected chi connectivity index (χ0v) is 12.4. The molecule has 0 saturated carbocycles. The van der Waals surface area contributed by atoms with Crippen molar-refractivity contribution in [3.8, 4) is 6.07 Å². The zero-order valence-electron chi connectivity index (χ0n) is 12.4. The second-order valence-electron chi connectivity index (χ2n) is 6.05. The molecule has 0 saturated heterocycles. The van der Waals surface area contributed by atoms with E-state index in [1.165, 1.54) is 5.56 Å². The van der Waals surface area contributed by atoms with Gasteiger partial charge in [-0.1, -0.05) is 45.0 Å². The number of benzene rings is 1. The van der Waals surface area contributed by atoms with Gasteiger partial charge in [0.05, 0.1) is 12.2 Å². The Morgan fingerprint density at radius 3 is 2.45 bits per heavy atom. The third-order valence-corrected chi connectivity index (χ3v) is 3.40. The van der Waals surface area contributed by atoms with Gasteiger partial charge in [0.2, 0.25) is 0 Å². The Bertz CT molecular complexity index is 669. The molecule has 2 aromatic rings. The third-order valence-electron chi connectivity index (χ3n) is 3.40. The van der Waals surface area contributed by atoms with Crippen LogP contribution < -0.4 is 5.73 Å². The van der Waals surface area contributed by atoms with Crippen LogP contribution >= 0.6 is 0 Å². The molecule has 20 heavy (non-hydrogen) atoms. The molecule has 4 nitrogen and oxygen atoms in total. The summed E-state index contributed by atoms with van der Waals surface area (Å²) in [7, 11) is 0. The Hall–Kier alpha value is -2.28. The van der Waals surface area contributed by atoms with Gasteiger partial charge in [-0.25, -0.2) is 4.68 Å². The van der Waals surface area contributed by atoms with Crippen molar-refractivity contribution >= 4 is 5.82 Å². The largest absolute Gasteiger partial charge is 0.383 e. The minimum atomic E-state index is -0.198. The maximum absolute atomic E-state index is 9.31. The molecule has 0 bridgehead atoms. The lowest BCUT2D eigenvalue weighted by atomic mass is 9.90. The van der Waals surface area contributed by atoms with Crippen molar-refractivity contribution in [1.82, 2.24) is 9.78 Å². The predicted octanol–water partition coefficient (Wildman–Crippen LogP) is 2.99. The van der Waals surface area contributed by atoms with E-state index in [4.69, 9.17) is 5.73 Å². The van der Waals surface area contributed by atoms with Crippen LogP contribution in [0.4, 0.5) is 5.82 Å². The van der Waals surface area contributed by atoms with Crippen molar-refractivity contribution in [2.75, 3.05) is 5.73 Å². The number of aryl methyl sites for hydroxylation is 1. The van der Waals surface area contributed by atoms with Crippen LogP contribution in [0, 0.1) is 18.3 Å². The average Bonchev–Trinajstić information content (AvgIpc) is 2.69. The van der Waals surface area contributed by atoms with Crippen LogP contribution in [-0.2, 0) is 12.0 Å². The second-order valence-corrected chi connectivity index (χ2v) is 6.05. The smallest absolute Gasteiger partial charge is 0.140 e. The highest BCUT2D eigenvalue weighted by Gasteiger charge is 2.25. The molecule has 1 heterocycles. The molecule has 2 N–H and O–H groups in total. The number of aromatic nitrogens is 2. The topological polar surface area (TPSA) is 67.6 Å². The number of nitrogens with zero attached hydrogens (tertiary/aromatic N) is 3. The van der Waals surface area contributed by atoms with Gasteiger partial charge in [0, 0.05) is 5.41 Å². The molecule has 0 spiro atoms. The number of nitrogen functional groups attached to an aromatic ring is 1. The molecule has 0 aliphatic carbocycles. The number of nitriles is 1. The second kappa shape index (κ2) is 5.01. The fourth-order valence-electron chi connectivity index (χ4n) is 2.18. The Labute approximate surface area is 119 Å². The van der Waals surface area contributed by atoms with Gasteiger partial charge in [0.1, 0.15) is 17.5 Å². The van der Waals surface area contributed by atoms with Crippen LogP contribution in [-0.4, -0.2) is 9.78 Å². The average molecular weight is 268 g/mol. The summed E-state index contributed by atoms with van der Waals surface area (Å²) in [6, 6.07) is 10.3. The van der Waals surface area contributed by atoms with E-state index >= 15 is 0 Å². The first-order chi connectivity index (χ1) is 9.34. The number of anilines is 1. The third kappa shape index (κ3) is 2.53. The molecule has 2 rings (SSSR count). The number of hydrogen-bond acceptors (Lipinski definition) is 3. The van der Waals surface area contributed by atoms with E-state index in [2.05, 4.69) is 30.2 Å². The number of rotatable bonds is 2. The fraction of sp³-hybridized carbons (Fsp3) is 0.375. The van der Waals surface area contributed by atoms with Crippen molar-refractivity contribution in [3.05, 3.63) is 46.6 Å². The van der Waals surface area contributed by atoms with E-state index in [1.54, 1.807) is 4.68 Å². The number of nitrogens with two attached hydrogens (primary N) is 1. The Morgan fingerprint density at radius 2 is 1.95 bits per heavy atom. The lowest BCUT2D eigenvalue weighted by Gasteiger charge is -2.15. The van der Waals surface area contributed by atoms with E-state index in [0.29, 0.717) is 17.9 Å². The molecule has 0 radical (unpaired) electrons. The normalized spacial score (nSPS) is 11.3. The monoisotopic (exact) mass is 268 g/mol. The molecule has 104 valence electrons. The van der Waals surface area contributed by atoms with Crippen molar-refractivity contribution in [1.29, 1.82) is 5.26 Å². The van der Waals surface area contributed by atoms with Gasteiger partial charge >= 0.3 is 0 Å². The highest BCUT2D eigenvalue weighted by atomic mass is 15.3. The SMILES string of the molecule is Cc1ccccc1Cn1nc(C(C)(C)C)c(C#N)c1N. The molecule has 0 aliphatic rings. The Morgan fingerprint density at radius 1 is 1.30 bits per heavy atom. The first-order valence-electron chi connectivity index (χ1n) is 6.66. The highest BCUT2D eigenvalue weighted by molar-refractivity contribution is 5.54. The zero-order chi connectivity index (χ0) is 14.9. The maximum atomic E-state index is 9.31. The van der Waals surface area contributed by atoms with Gasteiger partial charge in [-0.15, -0.1) is 0 Å².